The second-order valence-electron chi connectivity index (χ2n) is 6.43. The summed E-state index contributed by atoms with van der Waals surface area (Å²) in [6.45, 7) is 7.11. The van der Waals surface area contributed by atoms with E-state index in [1.807, 2.05) is 6.92 Å². The van der Waals surface area contributed by atoms with Crippen LogP contribution < -0.4 is 0 Å². The monoisotopic (exact) mass is 283 g/mol. The summed E-state index contributed by atoms with van der Waals surface area (Å²) in [5.74, 6) is -0.931. The number of aliphatic carboxylic acids is 1. The number of piperidine rings is 1. The van der Waals surface area contributed by atoms with Crippen molar-refractivity contribution in [3.05, 3.63) is 0 Å². The highest BCUT2D eigenvalue weighted by molar-refractivity contribution is 5.81. The molecule has 0 radical (unpaired) electrons. The van der Waals surface area contributed by atoms with Crippen molar-refractivity contribution in [2.45, 2.75) is 52.2 Å². The fourth-order valence-electron chi connectivity index (χ4n) is 3.36. The first-order valence-corrected chi connectivity index (χ1v) is 7.56. The molecule has 0 aliphatic carbocycles. The molecule has 2 aliphatic heterocycles. The number of amides is 1. The van der Waals surface area contributed by atoms with Crippen LogP contribution in [0.5, 0.6) is 0 Å². The predicted octanol–water partition coefficient (Wildman–Crippen LogP) is 1.76. The summed E-state index contributed by atoms with van der Waals surface area (Å²) in [5.41, 5.74) is 0. The van der Waals surface area contributed by atoms with Crippen molar-refractivity contribution in [2.75, 3.05) is 13.2 Å². The molecule has 4 unspecified atom stereocenters. The van der Waals surface area contributed by atoms with Gasteiger partial charge in [-0.3, -0.25) is 9.59 Å². The van der Waals surface area contributed by atoms with Crippen LogP contribution in [0.2, 0.25) is 0 Å². The van der Waals surface area contributed by atoms with Gasteiger partial charge < -0.3 is 14.7 Å². The lowest BCUT2D eigenvalue weighted by Crippen LogP contribution is -2.51. The summed E-state index contributed by atoms with van der Waals surface area (Å²) in [5, 5.41) is 9.17. The number of carbonyl (C=O) groups is 2. The number of likely N-dealkylation sites (tertiary alicyclic amines) is 1. The minimum atomic E-state index is -0.794. The average Bonchev–Trinajstić information content (AvgIpc) is 2.87. The van der Waals surface area contributed by atoms with Gasteiger partial charge in [0.05, 0.1) is 17.9 Å². The standard InChI is InChI=1S/C15H25NO4/c1-9(2)13-12(6-7-20-13)14(17)16-8-11(15(18)19)5-4-10(16)3/h9-13H,4-8H2,1-3H3,(H,18,19). The second kappa shape index (κ2) is 6.12. The fraction of sp³-hybridized carbons (Fsp3) is 0.867. The molecule has 1 N–H and O–H groups in total. The number of carboxylic acid groups (broad SMARTS) is 1. The summed E-state index contributed by atoms with van der Waals surface area (Å²) < 4.78 is 5.68. The van der Waals surface area contributed by atoms with Crippen LogP contribution in [0.15, 0.2) is 0 Å². The number of ether oxygens (including phenoxy) is 1. The second-order valence-corrected chi connectivity index (χ2v) is 6.43. The highest BCUT2D eigenvalue weighted by Gasteiger charge is 2.41. The molecule has 2 rings (SSSR count). The number of hydrogen-bond acceptors (Lipinski definition) is 3. The van der Waals surface area contributed by atoms with Crippen molar-refractivity contribution in [2.24, 2.45) is 17.8 Å². The Balaban J connectivity index is 2.08. The molecule has 2 saturated heterocycles. The fourth-order valence-corrected chi connectivity index (χ4v) is 3.36. The third-order valence-electron chi connectivity index (χ3n) is 4.62. The predicted molar refractivity (Wildman–Crippen MR) is 74.2 cm³/mol. The maximum Gasteiger partial charge on any atom is 0.308 e. The lowest BCUT2D eigenvalue weighted by atomic mass is 9.88. The van der Waals surface area contributed by atoms with E-state index >= 15 is 0 Å². The number of hydrogen-bond donors (Lipinski definition) is 1. The molecule has 0 aromatic rings. The Bertz CT molecular complexity index is 382. The van der Waals surface area contributed by atoms with E-state index in [-0.39, 0.29) is 24.0 Å². The molecule has 0 aromatic carbocycles. The Morgan fingerprint density at radius 2 is 1.95 bits per heavy atom. The van der Waals surface area contributed by atoms with Crippen LogP contribution in [0.3, 0.4) is 0 Å². The first-order chi connectivity index (χ1) is 9.41. The molecule has 0 bridgehead atoms. The number of carbonyl (C=O) groups excluding carboxylic acids is 1. The van der Waals surface area contributed by atoms with E-state index in [9.17, 15) is 9.59 Å². The van der Waals surface area contributed by atoms with E-state index in [0.717, 1.165) is 12.8 Å². The van der Waals surface area contributed by atoms with Gasteiger partial charge in [0.25, 0.3) is 0 Å². The Morgan fingerprint density at radius 1 is 1.25 bits per heavy atom. The molecule has 0 spiro atoms. The minimum absolute atomic E-state index is 0.0279. The molecule has 1 amide bonds. The normalized spacial score (nSPS) is 34.5. The smallest absolute Gasteiger partial charge is 0.308 e. The molecular weight excluding hydrogens is 258 g/mol. The van der Waals surface area contributed by atoms with E-state index in [0.29, 0.717) is 25.5 Å². The van der Waals surface area contributed by atoms with E-state index in [1.54, 1.807) is 4.90 Å². The highest BCUT2D eigenvalue weighted by Crippen LogP contribution is 2.31. The zero-order valence-electron chi connectivity index (χ0n) is 12.5. The number of nitrogens with zero attached hydrogens (tertiary/aromatic N) is 1. The van der Waals surface area contributed by atoms with Crippen molar-refractivity contribution in [3.63, 3.8) is 0 Å². The number of rotatable bonds is 3. The van der Waals surface area contributed by atoms with E-state index in [1.165, 1.54) is 0 Å². The van der Waals surface area contributed by atoms with Crippen LogP contribution in [0, 0.1) is 17.8 Å². The molecule has 0 saturated carbocycles. The van der Waals surface area contributed by atoms with Crippen LogP contribution in [-0.4, -0.2) is 47.2 Å². The Labute approximate surface area is 120 Å². The van der Waals surface area contributed by atoms with E-state index in [4.69, 9.17) is 9.84 Å². The molecule has 5 heteroatoms. The van der Waals surface area contributed by atoms with Gasteiger partial charge in [-0.25, -0.2) is 0 Å². The number of carboxylic acids is 1. The Morgan fingerprint density at radius 3 is 2.55 bits per heavy atom. The van der Waals surface area contributed by atoms with Crippen LogP contribution in [-0.2, 0) is 14.3 Å². The van der Waals surface area contributed by atoms with Gasteiger partial charge in [0.1, 0.15) is 0 Å². The summed E-state index contributed by atoms with van der Waals surface area (Å²) in [4.78, 5) is 25.7. The Kier molecular flexibility index (Phi) is 4.68. The van der Waals surface area contributed by atoms with Crippen LogP contribution in [0.1, 0.15) is 40.0 Å². The lowest BCUT2D eigenvalue weighted by Gasteiger charge is -2.39. The summed E-state index contributed by atoms with van der Waals surface area (Å²) in [7, 11) is 0. The summed E-state index contributed by atoms with van der Waals surface area (Å²) in [6, 6.07) is 0.131. The van der Waals surface area contributed by atoms with Gasteiger partial charge in [0.2, 0.25) is 5.91 Å². The van der Waals surface area contributed by atoms with E-state index in [2.05, 4.69) is 13.8 Å². The zero-order valence-corrected chi connectivity index (χ0v) is 12.5. The van der Waals surface area contributed by atoms with E-state index < -0.39 is 11.9 Å². The molecule has 114 valence electrons. The first-order valence-electron chi connectivity index (χ1n) is 7.56. The molecule has 20 heavy (non-hydrogen) atoms. The van der Waals surface area contributed by atoms with Gasteiger partial charge in [-0.15, -0.1) is 0 Å². The molecule has 2 fully saturated rings. The third kappa shape index (κ3) is 2.97. The van der Waals surface area contributed by atoms with Gasteiger partial charge in [-0.05, 0) is 32.1 Å². The quantitative estimate of drug-likeness (QED) is 0.857. The van der Waals surface area contributed by atoms with Crippen molar-refractivity contribution in [1.82, 2.24) is 4.90 Å². The SMILES string of the molecule is CC(C)C1OCCC1C(=O)N1CC(C(=O)O)CCC1C. The molecule has 2 heterocycles. The minimum Gasteiger partial charge on any atom is -0.481 e. The topological polar surface area (TPSA) is 66.8 Å². The van der Waals surface area contributed by atoms with Gasteiger partial charge in [0.15, 0.2) is 0 Å². The van der Waals surface area contributed by atoms with Crippen molar-refractivity contribution >= 4 is 11.9 Å². The molecule has 4 atom stereocenters. The molecule has 2 aliphatic rings. The van der Waals surface area contributed by atoms with Crippen LogP contribution in [0.25, 0.3) is 0 Å². The van der Waals surface area contributed by atoms with Gasteiger partial charge in [-0.1, -0.05) is 13.8 Å². The van der Waals surface area contributed by atoms with Gasteiger partial charge in [-0.2, -0.15) is 0 Å². The van der Waals surface area contributed by atoms with Crippen molar-refractivity contribution in [3.8, 4) is 0 Å². The maximum absolute atomic E-state index is 12.7. The highest BCUT2D eigenvalue weighted by atomic mass is 16.5. The zero-order chi connectivity index (χ0) is 14.9. The van der Waals surface area contributed by atoms with Crippen molar-refractivity contribution in [1.29, 1.82) is 0 Å². The average molecular weight is 283 g/mol. The van der Waals surface area contributed by atoms with Gasteiger partial charge >= 0.3 is 5.97 Å². The van der Waals surface area contributed by atoms with Crippen LogP contribution in [0.4, 0.5) is 0 Å². The maximum atomic E-state index is 12.7. The summed E-state index contributed by atoms with van der Waals surface area (Å²) in [6.07, 6.45) is 2.15. The van der Waals surface area contributed by atoms with Gasteiger partial charge in [0, 0.05) is 19.2 Å². The Hall–Kier alpha value is -1.10. The first kappa shape index (κ1) is 15.3. The molecule has 0 aromatic heterocycles. The largest absolute Gasteiger partial charge is 0.481 e. The van der Waals surface area contributed by atoms with Crippen molar-refractivity contribution < 1.29 is 19.4 Å². The van der Waals surface area contributed by atoms with Crippen LogP contribution >= 0.6 is 0 Å². The summed E-state index contributed by atoms with van der Waals surface area (Å²) >= 11 is 0. The third-order valence-corrected chi connectivity index (χ3v) is 4.62. The molecule has 5 nitrogen and oxygen atoms in total. The molecular formula is C15H25NO4. The lowest BCUT2D eigenvalue weighted by molar-refractivity contribution is -0.149.